The highest BCUT2D eigenvalue weighted by Crippen LogP contribution is 2.39. The Morgan fingerprint density at radius 1 is 1.10 bits per heavy atom. The van der Waals surface area contributed by atoms with E-state index in [-0.39, 0.29) is 11.3 Å². The van der Waals surface area contributed by atoms with E-state index in [1.165, 1.54) is 32.2 Å². The highest BCUT2D eigenvalue weighted by atomic mass is 16.2. The normalized spacial score (nSPS) is 19.1. The Balaban J connectivity index is 2.34. The summed E-state index contributed by atoms with van der Waals surface area (Å²) in [7, 11) is 1.35. The minimum atomic E-state index is -2.35. The molecule has 0 radical (unpaired) electrons. The molecule has 0 bridgehead atoms. The summed E-state index contributed by atoms with van der Waals surface area (Å²) in [5.41, 5.74) is 10.0. The molecule has 2 aromatic rings. The summed E-state index contributed by atoms with van der Waals surface area (Å²) in [4.78, 5) is 70.4. The van der Waals surface area contributed by atoms with Crippen LogP contribution < -0.4 is 22.1 Å². The van der Waals surface area contributed by atoms with Crippen LogP contribution in [0.15, 0.2) is 67.3 Å². The van der Waals surface area contributed by atoms with Gasteiger partial charge in [-0.05, 0) is 44.0 Å². The van der Waals surface area contributed by atoms with E-state index in [4.69, 9.17) is 11.5 Å². The Bertz CT molecular complexity index is 1290. The SMILES string of the molecule is C=C[C@H](C)[C@H](NC(=O)[C@@H](C)N)C(=O)C(c1ccccc1)[C@@](C=O)(C(=O)c1ccccc1N)N(C)C(=O)[C@@H]1CCCN1. The van der Waals surface area contributed by atoms with Crippen molar-refractivity contribution in [3.63, 3.8) is 0 Å². The fourth-order valence-corrected chi connectivity index (χ4v) is 5.25. The number of nitrogens with two attached hydrogens (primary N) is 2. The number of para-hydroxylation sites is 1. The lowest BCUT2D eigenvalue weighted by Crippen LogP contribution is -2.66. The molecule has 2 amide bonds. The zero-order valence-electron chi connectivity index (χ0n) is 23.7. The monoisotopic (exact) mass is 561 g/mol. The molecule has 0 spiro atoms. The molecule has 1 aliphatic rings. The number of nitrogens with zero attached hydrogens (tertiary/aromatic N) is 1. The van der Waals surface area contributed by atoms with Crippen LogP contribution in [0.25, 0.3) is 0 Å². The lowest BCUT2D eigenvalue weighted by atomic mass is 9.69. The number of aldehydes is 1. The van der Waals surface area contributed by atoms with Crippen LogP contribution in [-0.4, -0.2) is 71.8 Å². The number of anilines is 1. The van der Waals surface area contributed by atoms with Gasteiger partial charge in [0.05, 0.1) is 24.0 Å². The van der Waals surface area contributed by atoms with Gasteiger partial charge in [-0.25, -0.2) is 0 Å². The Labute approximate surface area is 240 Å². The number of hydrogen-bond acceptors (Lipinski definition) is 8. The van der Waals surface area contributed by atoms with Gasteiger partial charge in [-0.3, -0.25) is 19.2 Å². The van der Waals surface area contributed by atoms with Crippen LogP contribution in [-0.2, 0) is 19.2 Å². The molecule has 1 saturated heterocycles. The van der Waals surface area contributed by atoms with Gasteiger partial charge in [0.2, 0.25) is 11.8 Å². The second kappa shape index (κ2) is 13.5. The van der Waals surface area contributed by atoms with Gasteiger partial charge in [-0.15, -0.1) is 6.58 Å². The van der Waals surface area contributed by atoms with Crippen molar-refractivity contribution in [1.29, 1.82) is 0 Å². The molecule has 10 heteroatoms. The Kier molecular flexibility index (Phi) is 10.3. The number of benzene rings is 2. The van der Waals surface area contributed by atoms with E-state index in [9.17, 15) is 24.0 Å². The number of nitrogens with one attached hydrogen (secondary N) is 2. The van der Waals surface area contributed by atoms with Gasteiger partial charge in [0.25, 0.3) is 0 Å². The van der Waals surface area contributed by atoms with Crippen molar-refractivity contribution in [2.24, 2.45) is 11.7 Å². The summed E-state index contributed by atoms with van der Waals surface area (Å²) in [5.74, 6) is -4.73. The largest absolute Gasteiger partial charge is 0.398 e. The smallest absolute Gasteiger partial charge is 0.240 e. The summed E-state index contributed by atoms with van der Waals surface area (Å²) in [5, 5.41) is 5.78. The third kappa shape index (κ3) is 6.28. The lowest BCUT2D eigenvalue weighted by Gasteiger charge is -2.44. The molecule has 1 aliphatic heterocycles. The average Bonchev–Trinajstić information content (AvgIpc) is 3.52. The molecule has 3 rings (SSSR count). The zero-order valence-corrected chi connectivity index (χ0v) is 23.7. The van der Waals surface area contributed by atoms with Gasteiger partial charge in [-0.1, -0.05) is 55.5 Å². The molecule has 6 N–H and O–H groups in total. The van der Waals surface area contributed by atoms with Gasteiger partial charge in [-0.2, -0.15) is 0 Å². The molecule has 0 aromatic heterocycles. The first-order valence-electron chi connectivity index (χ1n) is 13.6. The zero-order chi connectivity index (χ0) is 30.3. The quantitative estimate of drug-likeness (QED) is 0.0942. The van der Waals surface area contributed by atoms with Gasteiger partial charge >= 0.3 is 0 Å². The van der Waals surface area contributed by atoms with Crippen molar-refractivity contribution in [2.75, 3.05) is 19.3 Å². The summed E-state index contributed by atoms with van der Waals surface area (Å²) >= 11 is 0. The van der Waals surface area contributed by atoms with Crippen molar-refractivity contribution >= 4 is 35.4 Å². The Hall–Kier alpha value is -4.15. The maximum atomic E-state index is 14.7. The topological polar surface area (TPSA) is 165 Å². The molecule has 6 atom stereocenters. The number of nitrogen functional groups attached to an aromatic ring is 1. The van der Waals surface area contributed by atoms with E-state index in [2.05, 4.69) is 17.2 Å². The first-order chi connectivity index (χ1) is 19.5. The van der Waals surface area contributed by atoms with Gasteiger partial charge in [0.15, 0.2) is 23.4 Å². The van der Waals surface area contributed by atoms with Gasteiger partial charge < -0.3 is 31.8 Å². The molecule has 1 fully saturated rings. The van der Waals surface area contributed by atoms with E-state index in [0.29, 0.717) is 24.8 Å². The summed E-state index contributed by atoms with van der Waals surface area (Å²) < 4.78 is 0. The summed E-state index contributed by atoms with van der Waals surface area (Å²) in [6.07, 6.45) is 3.09. The minimum absolute atomic E-state index is 0.0136. The van der Waals surface area contributed by atoms with Crippen molar-refractivity contribution in [1.82, 2.24) is 15.5 Å². The Morgan fingerprint density at radius 2 is 1.73 bits per heavy atom. The Morgan fingerprint density at radius 3 is 2.27 bits per heavy atom. The van der Waals surface area contributed by atoms with Crippen LogP contribution in [0.3, 0.4) is 0 Å². The number of carbonyl (C=O) groups is 5. The predicted octanol–water partition coefficient (Wildman–Crippen LogP) is 1.61. The summed E-state index contributed by atoms with van der Waals surface area (Å²) in [6, 6.07) is 11.7. The van der Waals surface area contributed by atoms with E-state index >= 15 is 0 Å². The molecule has 2 aromatic carbocycles. The maximum Gasteiger partial charge on any atom is 0.240 e. The molecular weight excluding hydrogens is 522 g/mol. The van der Waals surface area contributed by atoms with Gasteiger partial charge in [0.1, 0.15) is 0 Å². The fraction of sp³-hybridized carbons (Fsp3) is 0.387. The first kappa shape index (κ1) is 31.4. The van der Waals surface area contributed by atoms with Crippen LogP contribution in [0, 0.1) is 5.92 Å². The highest BCUT2D eigenvalue weighted by Gasteiger charge is 2.57. The second-order valence-corrected chi connectivity index (χ2v) is 10.5. The highest BCUT2D eigenvalue weighted by molar-refractivity contribution is 6.21. The predicted molar refractivity (Wildman–Crippen MR) is 157 cm³/mol. The molecule has 0 saturated carbocycles. The fourth-order valence-electron chi connectivity index (χ4n) is 5.25. The average molecular weight is 562 g/mol. The van der Waals surface area contributed by atoms with E-state index < -0.39 is 58.9 Å². The van der Waals surface area contributed by atoms with E-state index in [1.807, 2.05) is 0 Å². The van der Waals surface area contributed by atoms with Crippen molar-refractivity contribution in [3.8, 4) is 0 Å². The third-order valence-corrected chi connectivity index (χ3v) is 7.77. The number of amides is 2. The van der Waals surface area contributed by atoms with Gasteiger partial charge in [0, 0.05) is 24.2 Å². The number of carbonyl (C=O) groups excluding carboxylic acids is 5. The lowest BCUT2D eigenvalue weighted by molar-refractivity contribution is -0.143. The van der Waals surface area contributed by atoms with Crippen LogP contribution in [0.1, 0.15) is 48.5 Å². The van der Waals surface area contributed by atoms with Crippen molar-refractivity contribution in [3.05, 3.63) is 78.4 Å². The number of rotatable bonds is 13. The molecule has 218 valence electrons. The van der Waals surface area contributed by atoms with Crippen LogP contribution in [0.2, 0.25) is 0 Å². The van der Waals surface area contributed by atoms with Crippen LogP contribution in [0.5, 0.6) is 0 Å². The minimum Gasteiger partial charge on any atom is -0.398 e. The molecule has 1 unspecified atom stereocenters. The molecule has 10 nitrogen and oxygen atoms in total. The van der Waals surface area contributed by atoms with E-state index in [0.717, 1.165) is 11.3 Å². The van der Waals surface area contributed by atoms with Crippen LogP contribution in [0.4, 0.5) is 5.69 Å². The third-order valence-electron chi connectivity index (χ3n) is 7.77. The molecular formula is C31H39N5O5. The number of ketones is 2. The maximum absolute atomic E-state index is 14.7. The molecule has 0 aliphatic carbocycles. The number of hydrogen-bond donors (Lipinski definition) is 4. The standard InChI is InChI=1S/C31H39N5O5/c1-5-19(2)26(35-29(40)20(3)32)27(38)25(21-12-7-6-8-13-21)31(18-37,28(39)22-14-9-10-15-23(22)33)36(4)30(41)24-16-11-17-34-24/h5-10,12-15,18-20,24-26,34H,1,11,16-17,32-33H2,2-4H3,(H,35,40)/t19-,20+,24-,25?,26-,31-/m0/s1. The van der Waals surface area contributed by atoms with Crippen LogP contribution >= 0.6 is 0 Å². The van der Waals surface area contributed by atoms with E-state index in [1.54, 1.807) is 49.4 Å². The summed E-state index contributed by atoms with van der Waals surface area (Å²) in [6.45, 7) is 7.53. The second-order valence-electron chi connectivity index (χ2n) is 10.5. The number of likely N-dealkylation sites (N-methyl/N-ethyl adjacent to an activating group) is 1. The molecule has 1 heterocycles. The van der Waals surface area contributed by atoms with Crippen molar-refractivity contribution in [2.45, 2.75) is 56.3 Å². The first-order valence-corrected chi connectivity index (χ1v) is 13.6. The molecule has 41 heavy (non-hydrogen) atoms. The van der Waals surface area contributed by atoms with Crippen molar-refractivity contribution < 1.29 is 24.0 Å². The number of Topliss-reactive ketones (excluding diaryl/α,β-unsaturated/α-hetero) is 2.